The summed E-state index contributed by atoms with van der Waals surface area (Å²) in [4.78, 5) is 24.1. The van der Waals surface area contributed by atoms with E-state index in [0.717, 1.165) is 6.26 Å². The van der Waals surface area contributed by atoms with Gasteiger partial charge in [0.2, 0.25) is 0 Å². The molecule has 5 nitrogen and oxygen atoms in total. The molecule has 0 spiro atoms. The topological polar surface area (TPSA) is 83.8 Å². The quantitative estimate of drug-likeness (QED) is 0.297. The molecule has 0 aromatic rings. The number of hydrogen-bond acceptors (Lipinski definition) is 3. The van der Waals surface area contributed by atoms with Gasteiger partial charge in [-0.3, -0.25) is 9.26 Å². The summed E-state index contributed by atoms with van der Waals surface area (Å²) < 4.78 is 12.9. The Hall–Kier alpha value is -1.17. The molecule has 0 aromatic carbocycles. The Bertz CT molecular complexity index is 128. The van der Waals surface area contributed by atoms with Crippen molar-refractivity contribution in [3.8, 4) is 0 Å². The second kappa shape index (κ2) is 7.83. The number of esters is 1. The van der Waals surface area contributed by atoms with E-state index >= 15 is 0 Å². The van der Waals surface area contributed by atoms with Crippen LogP contribution in [0.3, 0.4) is 0 Å². The van der Waals surface area contributed by atoms with Gasteiger partial charge in [-0.25, -0.2) is 0 Å². The van der Waals surface area contributed by atoms with E-state index in [1.807, 2.05) is 0 Å². The number of carbonyl (C=O) groups is 1. The van der Waals surface area contributed by atoms with E-state index in [9.17, 15) is 4.79 Å². The first-order valence-electron chi connectivity index (χ1n) is 2.20. The van der Waals surface area contributed by atoms with Crippen LogP contribution in [0.25, 0.3) is 0 Å². The average Bonchev–Trinajstić information content (AvgIpc) is 1.62. The van der Waals surface area contributed by atoms with Crippen LogP contribution in [-0.2, 0) is 14.0 Å². The van der Waals surface area contributed by atoms with Gasteiger partial charge in [0, 0.05) is 6.92 Å². The Morgan fingerprint density at radius 1 is 1.70 bits per heavy atom. The highest BCUT2D eigenvalue weighted by Crippen LogP contribution is 1.70. The summed E-state index contributed by atoms with van der Waals surface area (Å²) in [6.45, 7) is 4.48. The van der Waals surface area contributed by atoms with Crippen molar-refractivity contribution in [2.45, 2.75) is 6.92 Å². The molecule has 2 N–H and O–H groups in total. The van der Waals surface area contributed by atoms with Gasteiger partial charge in [0.25, 0.3) is 0 Å². The highest BCUT2D eigenvalue weighted by atomic mass is 28.3. The fraction of sp³-hybridized carbons (Fsp3) is 0.250. The number of rotatable bonds is 1. The summed E-state index contributed by atoms with van der Waals surface area (Å²) in [7, 11) is -3.13. The van der Waals surface area contributed by atoms with Gasteiger partial charge in [-0.2, -0.15) is 0 Å². The van der Waals surface area contributed by atoms with E-state index in [-0.39, 0.29) is 5.97 Å². The van der Waals surface area contributed by atoms with E-state index in [0.29, 0.717) is 0 Å². The standard InChI is InChI=1S/C4H6O2.H2O3Si/c1-3-6-4(2)5;1-4(2)3/h3H,1H2,2H3;1-2H. The molecule has 10 heavy (non-hydrogen) atoms. The van der Waals surface area contributed by atoms with Crippen LogP contribution in [0.1, 0.15) is 6.92 Å². The maximum Gasteiger partial charge on any atom is 0.761 e. The molecule has 0 atom stereocenters. The first-order chi connectivity index (χ1) is 4.50. The van der Waals surface area contributed by atoms with E-state index < -0.39 is 9.17 Å². The van der Waals surface area contributed by atoms with E-state index in [2.05, 4.69) is 11.3 Å². The molecule has 0 fully saturated rings. The number of ether oxygens (including phenoxy) is 1. The molecule has 6 heteroatoms. The van der Waals surface area contributed by atoms with Crippen molar-refractivity contribution in [1.29, 1.82) is 0 Å². The zero-order valence-corrected chi connectivity index (χ0v) is 6.40. The van der Waals surface area contributed by atoms with Crippen molar-refractivity contribution < 1.29 is 23.6 Å². The predicted octanol–water partition coefficient (Wildman–Crippen LogP) is -0.921. The van der Waals surface area contributed by atoms with E-state index in [1.165, 1.54) is 6.92 Å². The largest absolute Gasteiger partial charge is 0.761 e. The van der Waals surface area contributed by atoms with Crippen molar-refractivity contribution >= 4 is 15.1 Å². The minimum atomic E-state index is -3.13. The summed E-state index contributed by atoms with van der Waals surface area (Å²) in [6, 6.07) is 0. The first-order valence-corrected chi connectivity index (χ1v) is 3.51. The molecule has 0 rings (SSSR count). The lowest BCUT2D eigenvalue weighted by atomic mass is 10.8. The van der Waals surface area contributed by atoms with Crippen LogP contribution in [0.5, 0.6) is 0 Å². The fourth-order valence-corrected chi connectivity index (χ4v) is 0.117. The van der Waals surface area contributed by atoms with Crippen LogP contribution in [0.4, 0.5) is 0 Å². The normalized spacial score (nSPS) is 6.50. The van der Waals surface area contributed by atoms with Gasteiger partial charge >= 0.3 is 15.1 Å². The minimum absolute atomic E-state index is 0.329. The molecule has 0 bridgehead atoms. The maximum atomic E-state index is 9.75. The van der Waals surface area contributed by atoms with Gasteiger partial charge in [0.05, 0.1) is 6.26 Å². The second-order valence-corrected chi connectivity index (χ2v) is 1.62. The summed E-state index contributed by atoms with van der Waals surface area (Å²) >= 11 is 0. The summed E-state index contributed by atoms with van der Waals surface area (Å²) in [6.07, 6.45) is 1.10. The van der Waals surface area contributed by atoms with Crippen LogP contribution < -0.4 is 0 Å². The predicted molar refractivity (Wildman–Crippen MR) is 32.8 cm³/mol. The Balaban J connectivity index is 0. The zero-order valence-electron chi connectivity index (χ0n) is 5.40. The monoisotopic (exact) mass is 164 g/mol. The SMILES string of the molecule is C=COC(C)=O.O=[Si](O)O. The van der Waals surface area contributed by atoms with Crippen molar-refractivity contribution in [1.82, 2.24) is 0 Å². The molecular weight excluding hydrogens is 156 g/mol. The zero-order chi connectivity index (χ0) is 8.57. The Morgan fingerprint density at radius 3 is 2.00 bits per heavy atom. The fourth-order valence-electron chi connectivity index (χ4n) is 0.117. The maximum absolute atomic E-state index is 9.75. The molecule has 58 valence electrons. The van der Waals surface area contributed by atoms with Crippen molar-refractivity contribution in [3.63, 3.8) is 0 Å². The summed E-state index contributed by atoms with van der Waals surface area (Å²) in [5.41, 5.74) is 0. The third kappa shape index (κ3) is 69.5. The van der Waals surface area contributed by atoms with Gasteiger partial charge in [-0.15, -0.1) is 0 Å². The van der Waals surface area contributed by atoms with E-state index in [4.69, 9.17) is 14.1 Å². The first kappa shape index (κ1) is 11.6. The van der Waals surface area contributed by atoms with Crippen LogP contribution >= 0.6 is 0 Å². The Labute approximate surface area is 59.5 Å². The van der Waals surface area contributed by atoms with Gasteiger partial charge in [-0.05, 0) is 0 Å². The van der Waals surface area contributed by atoms with Crippen molar-refractivity contribution in [2.24, 2.45) is 0 Å². The number of carbonyl (C=O) groups excluding carboxylic acids is 1. The summed E-state index contributed by atoms with van der Waals surface area (Å²) in [5.74, 6) is -0.329. The molecule has 0 saturated heterocycles. The molecule has 0 heterocycles. The Kier molecular flexibility index (Phi) is 9.08. The van der Waals surface area contributed by atoms with Gasteiger partial charge < -0.3 is 14.3 Å². The molecule has 0 amide bonds. The third-order valence-corrected chi connectivity index (χ3v) is 0.249. The second-order valence-electron chi connectivity index (χ2n) is 1.06. The molecule has 0 unspecified atom stereocenters. The molecule has 0 saturated carbocycles. The molecule has 0 aliphatic heterocycles. The van der Waals surface area contributed by atoms with Gasteiger partial charge in [-0.1, -0.05) is 6.58 Å². The van der Waals surface area contributed by atoms with Gasteiger partial charge in [0.15, 0.2) is 0 Å². The van der Waals surface area contributed by atoms with Crippen LogP contribution in [0.15, 0.2) is 12.8 Å². The minimum Gasteiger partial charge on any atom is -0.511 e. The molecule has 0 aliphatic carbocycles. The molecule has 0 aromatic heterocycles. The molecule has 0 radical (unpaired) electrons. The highest BCUT2D eigenvalue weighted by molar-refractivity contribution is 6.22. The van der Waals surface area contributed by atoms with Crippen LogP contribution in [-0.4, -0.2) is 24.7 Å². The molecule has 0 aliphatic rings. The number of hydrogen-bond donors (Lipinski definition) is 2. The lowest BCUT2D eigenvalue weighted by Gasteiger charge is -1.83. The lowest BCUT2D eigenvalue weighted by Crippen LogP contribution is -1.90. The Morgan fingerprint density at radius 2 is 2.00 bits per heavy atom. The summed E-state index contributed by atoms with van der Waals surface area (Å²) in [5, 5.41) is 0. The van der Waals surface area contributed by atoms with Crippen LogP contribution in [0.2, 0.25) is 0 Å². The van der Waals surface area contributed by atoms with Crippen molar-refractivity contribution in [2.75, 3.05) is 0 Å². The van der Waals surface area contributed by atoms with Crippen LogP contribution in [0, 0.1) is 0 Å². The van der Waals surface area contributed by atoms with Gasteiger partial charge in [0.1, 0.15) is 0 Å². The smallest absolute Gasteiger partial charge is 0.511 e. The highest BCUT2D eigenvalue weighted by Gasteiger charge is 1.85. The lowest BCUT2D eigenvalue weighted by molar-refractivity contribution is -0.135. The average molecular weight is 164 g/mol. The van der Waals surface area contributed by atoms with E-state index in [1.54, 1.807) is 0 Å². The third-order valence-electron chi connectivity index (χ3n) is 0.249. The van der Waals surface area contributed by atoms with Crippen molar-refractivity contribution in [3.05, 3.63) is 12.8 Å². The molecular formula is C4H8O5Si.